The van der Waals surface area contributed by atoms with Gasteiger partial charge in [-0.1, -0.05) is 0 Å². The summed E-state index contributed by atoms with van der Waals surface area (Å²) in [4.78, 5) is 12.1. The molecule has 1 atom stereocenters. The molecule has 0 saturated carbocycles. The number of aromatic nitrogens is 1. The number of nitrogens with zero attached hydrogens (tertiary/aromatic N) is 4. The Balaban J connectivity index is 1.61. The van der Waals surface area contributed by atoms with E-state index in [0.717, 1.165) is 23.9 Å². The van der Waals surface area contributed by atoms with Crippen LogP contribution >= 0.6 is 0 Å². The lowest BCUT2D eigenvalue weighted by Gasteiger charge is -2.46. The van der Waals surface area contributed by atoms with E-state index in [2.05, 4.69) is 15.3 Å². The lowest BCUT2D eigenvalue weighted by Crippen LogP contribution is -2.61. The highest BCUT2D eigenvalue weighted by Gasteiger charge is 2.41. The minimum atomic E-state index is -4.54. The van der Waals surface area contributed by atoms with E-state index in [0.29, 0.717) is 24.1 Å². The fourth-order valence-electron chi connectivity index (χ4n) is 5.00. The van der Waals surface area contributed by atoms with Crippen LogP contribution in [0.5, 0.6) is 0 Å². The molecule has 3 N–H and O–H groups in total. The number of alkyl halides is 6. The maximum Gasteiger partial charge on any atom is 0.419 e. The van der Waals surface area contributed by atoms with Crippen LogP contribution in [0, 0.1) is 0 Å². The molecular formula is C25H28F6N6. The molecule has 1 aromatic heterocycles. The molecule has 0 bridgehead atoms. The van der Waals surface area contributed by atoms with Gasteiger partial charge in [0.15, 0.2) is 0 Å². The fourth-order valence-corrected chi connectivity index (χ4v) is 5.00. The first-order chi connectivity index (χ1) is 17.2. The van der Waals surface area contributed by atoms with Crippen LogP contribution in [-0.2, 0) is 12.4 Å². The van der Waals surface area contributed by atoms with Gasteiger partial charge in [-0.2, -0.15) is 26.3 Å². The molecule has 2 aliphatic rings. The van der Waals surface area contributed by atoms with Gasteiger partial charge in [0, 0.05) is 48.7 Å². The summed E-state index contributed by atoms with van der Waals surface area (Å²) in [5.41, 5.74) is 6.77. The van der Waals surface area contributed by atoms with Gasteiger partial charge in [-0.3, -0.25) is 0 Å². The number of nitrogens with two attached hydrogens (primary N) is 1. The van der Waals surface area contributed by atoms with Gasteiger partial charge in [0.25, 0.3) is 0 Å². The number of hydrogen-bond donors (Lipinski definition) is 2. The summed E-state index contributed by atoms with van der Waals surface area (Å²) in [5.74, 6) is -1.02. The number of rotatable bonds is 4. The van der Waals surface area contributed by atoms with Crippen molar-refractivity contribution in [1.82, 2.24) is 10.3 Å². The van der Waals surface area contributed by atoms with Crippen LogP contribution in [0.3, 0.4) is 0 Å². The first kappa shape index (κ1) is 26.6. The third-order valence-corrected chi connectivity index (χ3v) is 6.51. The lowest BCUT2D eigenvalue weighted by atomic mass is 10.0. The van der Waals surface area contributed by atoms with E-state index in [-0.39, 0.29) is 30.8 Å². The first-order valence-corrected chi connectivity index (χ1v) is 11.8. The van der Waals surface area contributed by atoms with Crippen molar-refractivity contribution in [2.24, 2.45) is 10.7 Å². The van der Waals surface area contributed by atoms with Gasteiger partial charge in [-0.05, 0) is 63.6 Å². The van der Waals surface area contributed by atoms with Crippen LogP contribution in [0.4, 0.5) is 37.8 Å². The van der Waals surface area contributed by atoms with Crippen molar-refractivity contribution in [3.05, 3.63) is 65.0 Å². The van der Waals surface area contributed by atoms with Gasteiger partial charge in [0.05, 0.1) is 11.1 Å². The Labute approximate surface area is 210 Å². The molecule has 2 aromatic rings. The van der Waals surface area contributed by atoms with E-state index in [4.69, 9.17) is 5.73 Å². The lowest BCUT2D eigenvalue weighted by molar-refractivity contribution is -0.138. The number of halogens is 6. The fraction of sp³-hybridized carbons (Fsp3) is 0.440. The van der Waals surface area contributed by atoms with Crippen molar-refractivity contribution in [2.75, 3.05) is 22.9 Å². The molecule has 0 saturated heterocycles. The Morgan fingerprint density at radius 1 is 1.00 bits per heavy atom. The number of aliphatic imine (C=N–C) groups is 1. The SMILES string of the molecule is CC(C)N(c1ccc(C(F)(F)F)cc1)C1(C)N=C(N)C2=C(CCN(c3ncccc3C(F)(F)F)CC2)N1. The van der Waals surface area contributed by atoms with E-state index < -0.39 is 29.3 Å². The van der Waals surface area contributed by atoms with Gasteiger partial charge < -0.3 is 20.9 Å². The molecule has 2 aliphatic heterocycles. The van der Waals surface area contributed by atoms with Crippen LogP contribution in [-0.4, -0.2) is 35.7 Å². The van der Waals surface area contributed by atoms with E-state index in [1.54, 1.807) is 11.8 Å². The maximum absolute atomic E-state index is 13.6. The molecule has 0 amide bonds. The number of hydrogen-bond acceptors (Lipinski definition) is 6. The van der Waals surface area contributed by atoms with Crippen molar-refractivity contribution in [1.29, 1.82) is 0 Å². The molecule has 0 aliphatic carbocycles. The van der Waals surface area contributed by atoms with Gasteiger partial charge >= 0.3 is 12.4 Å². The molecule has 0 radical (unpaired) electrons. The number of pyridine rings is 1. The summed E-state index contributed by atoms with van der Waals surface area (Å²) >= 11 is 0. The highest BCUT2D eigenvalue weighted by Crippen LogP contribution is 2.38. The number of amidine groups is 1. The first-order valence-electron chi connectivity index (χ1n) is 11.8. The van der Waals surface area contributed by atoms with Crippen molar-refractivity contribution in [2.45, 2.75) is 57.8 Å². The third kappa shape index (κ3) is 5.33. The largest absolute Gasteiger partial charge is 0.419 e. The predicted molar refractivity (Wildman–Crippen MR) is 130 cm³/mol. The molecule has 1 unspecified atom stereocenters. The van der Waals surface area contributed by atoms with Crippen molar-refractivity contribution >= 4 is 17.3 Å². The molecule has 3 heterocycles. The van der Waals surface area contributed by atoms with Crippen LogP contribution in [0.1, 0.15) is 44.7 Å². The van der Waals surface area contributed by atoms with E-state index in [9.17, 15) is 26.3 Å². The molecule has 200 valence electrons. The Morgan fingerprint density at radius 2 is 1.65 bits per heavy atom. The Hall–Kier alpha value is -3.44. The second kappa shape index (κ2) is 9.46. The van der Waals surface area contributed by atoms with Gasteiger partial charge in [-0.15, -0.1) is 0 Å². The van der Waals surface area contributed by atoms with Crippen molar-refractivity contribution in [3.8, 4) is 0 Å². The summed E-state index contributed by atoms with van der Waals surface area (Å²) in [7, 11) is 0. The third-order valence-electron chi connectivity index (χ3n) is 6.51. The molecule has 6 nitrogen and oxygen atoms in total. The zero-order valence-electron chi connectivity index (χ0n) is 20.6. The zero-order chi connectivity index (χ0) is 27.2. The van der Waals surface area contributed by atoms with E-state index >= 15 is 0 Å². The summed E-state index contributed by atoms with van der Waals surface area (Å²) in [6, 6.07) is 6.90. The summed E-state index contributed by atoms with van der Waals surface area (Å²) in [5, 5.41) is 3.39. The quantitative estimate of drug-likeness (QED) is 0.514. The Kier molecular flexibility index (Phi) is 6.80. The zero-order valence-corrected chi connectivity index (χ0v) is 20.6. The monoisotopic (exact) mass is 526 g/mol. The molecule has 4 rings (SSSR count). The molecule has 12 heteroatoms. The van der Waals surface area contributed by atoms with Crippen LogP contribution in [0.25, 0.3) is 0 Å². The Morgan fingerprint density at radius 3 is 2.24 bits per heavy atom. The summed E-state index contributed by atoms with van der Waals surface area (Å²) in [6.07, 6.45) is -6.96. The molecule has 1 aromatic carbocycles. The summed E-state index contributed by atoms with van der Waals surface area (Å²) < 4.78 is 80.0. The second-order valence-electron chi connectivity index (χ2n) is 9.47. The summed E-state index contributed by atoms with van der Waals surface area (Å²) in [6.45, 7) is 6.06. The minimum Gasteiger partial charge on any atom is -0.384 e. The highest BCUT2D eigenvalue weighted by atomic mass is 19.4. The average molecular weight is 527 g/mol. The molecule has 0 fully saturated rings. The minimum absolute atomic E-state index is 0.137. The predicted octanol–water partition coefficient (Wildman–Crippen LogP) is 5.52. The van der Waals surface area contributed by atoms with Crippen LogP contribution < -0.4 is 20.9 Å². The van der Waals surface area contributed by atoms with Gasteiger partial charge in [-0.25, -0.2) is 9.98 Å². The smallest absolute Gasteiger partial charge is 0.384 e. The van der Waals surface area contributed by atoms with Crippen LogP contribution in [0.2, 0.25) is 0 Å². The maximum atomic E-state index is 13.6. The molecule has 37 heavy (non-hydrogen) atoms. The average Bonchev–Trinajstić information content (AvgIpc) is 3.00. The van der Waals surface area contributed by atoms with Gasteiger partial charge in [0.2, 0.25) is 5.79 Å². The number of nitrogens with one attached hydrogen (secondary N) is 1. The normalized spacial score (nSPS) is 20.8. The van der Waals surface area contributed by atoms with Crippen molar-refractivity contribution < 1.29 is 26.3 Å². The van der Waals surface area contributed by atoms with E-state index in [1.807, 2.05) is 18.7 Å². The standard InChI is InChI=1S/C25H28F6N6/c1-15(2)37(17-8-6-16(7-9-17)24(26,27)28)23(3)34-20-11-14-36(13-10-18(20)21(32)35-23)22-19(25(29,30)31)5-4-12-33-22/h4-9,12,15,34H,10-11,13-14H2,1-3H3,(H2,32,35). The number of benzene rings is 1. The number of anilines is 2. The van der Waals surface area contributed by atoms with Gasteiger partial charge in [0.1, 0.15) is 11.7 Å². The highest BCUT2D eigenvalue weighted by molar-refractivity contribution is 5.99. The Bertz CT molecular complexity index is 1200. The second-order valence-corrected chi connectivity index (χ2v) is 9.47. The van der Waals surface area contributed by atoms with Crippen molar-refractivity contribution in [3.63, 3.8) is 0 Å². The van der Waals surface area contributed by atoms with E-state index in [1.165, 1.54) is 24.4 Å². The molecular weight excluding hydrogens is 498 g/mol. The topological polar surface area (TPSA) is 69.8 Å². The van der Waals surface area contributed by atoms with Crippen LogP contribution in [0.15, 0.2) is 58.9 Å². The molecule has 0 spiro atoms.